The molecule has 0 saturated carbocycles. The molecule has 5 heteroatoms. The third-order valence-corrected chi connectivity index (χ3v) is 3.57. The SMILES string of the molecule is CC1CC(=O)N(Cc2cc3c(cc2N)OCCO3)C1. The number of nitrogens with two attached hydrogens (primary N) is 1. The van der Waals surface area contributed by atoms with Crippen LogP contribution in [0.1, 0.15) is 18.9 Å². The minimum absolute atomic E-state index is 0.196. The molecule has 1 unspecified atom stereocenters. The topological polar surface area (TPSA) is 64.8 Å². The van der Waals surface area contributed by atoms with Crippen LogP contribution in [0.3, 0.4) is 0 Å². The van der Waals surface area contributed by atoms with Gasteiger partial charge in [0.2, 0.25) is 5.91 Å². The quantitative estimate of drug-likeness (QED) is 0.818. The van der Waals surface area contributed by atoms with Gasteiger partial charge in [-0.15, -0.1) is 0 Å². The van der Waals surface area contributed by atoms with Gasteiger partial charge in [0.25, 0.3) is 0 Å². The van der Waals surface area contributed by atoms with Crippen LogP contribution in [0, 0.1) is 5.92 Å². The third kappa shape index (κ3) is 2.32. The molecule has 0 bridgehead atoms. The number of nitrogens with zero attached hydrogens (tertiary/aromatic N) is 1. The Bertz CT molecular complexity index is 516. The van der Waals surface area contributed by atoms with Gasteiger partial charge in [0, 0.05) is 31.3 Å². The minimum atomic E-state index is 0.196. The lowest BCUT2D eigenvalue weighted by Gasteiger charge is -2.22. The first kappa shape index (κ1) is 12.1. The van der Waals surface area contributed by atoms with Gasteiger partial charge in [-0.25, -0.2) is 0 Å². The lowest BCUT2D eigenvalue weighted by Crippen LogP contribution is -2.25. The van der Waals surface area contributed by atoms with E-state index >= 15 is 0 Å². The van der Waals surface area contributed by atoms with Gasteiger partial charge in [0.05, 0.1) is 0 Å². The number of anilines is 1. The average Bonchev–Trinajstić information content (AvgIpc) is 2.69. The van der Waals surface area contributed by atoms with Crippen LogP contribution in [0.2, 0.25) is 0 Å². The second-order valence-corrected chi connectivity index (χ2v) is 5.28. The Morgan fingerprint density at radius 1 is 1.32 bits per heavy atom. The average molecular weight is 262 g/mol. The molecule has 3 rings (SSSR count). The number of nitrogen functional groups attached to an aromatic ring is 1. The van der Waals surface area contributed by atoms with Crippen molar-refractivity contribution in [3.8, 4) is 11.5 Å². The predicted molar refractivity (Wildman–Crippen MR) is 71.0 cm³/mol. The summed E-state index contributed by atoms with van der Waals surface area (Å²) in [6.07, 6.45) is 0.629. The number of fused-ring (bicyclic) bond motifs is 1. The van der Waals surface area contributed by atoms with Crippen molar-refractivity contribution in [3.63, 3.8) is 0 Å². The fourth-order valence-electron chi connectivity index (χ4n) is 2.61. The van der Waals surface area contributed by atoms with Crippen LogP contribution in [0.25, 0.3) is 0 Å². The fourth-order valence-corrected chi connectivity index (χ4v) is 2.61. The van der Waals surface area contributed by atoms with Gasteiger partial charge in [0.15, 0.2) is 11.5 Å². The molecule has 0 aliphatic carbocycles. The van der Waals surface area contributed by atoms with E-state index < -0.39 is 0 Å². The van der Waals surface area contributed by atoms with Crippen molar-refractivity contribution in [1.29, 1.82) is 0 Å². The van der Waals surface area contributed by atoms with Gasteiger partial charge < -0.3 is 20.1 Å². The van der Waals surface area contributed by atoms with E-state index in [0.717, 1.165) is 17.9 Å². The van der Waals surface area contributed by atoms with Gasteiger partial charge in [-0.3, -0.25) is 4.79 Å². The van der Waals surface area contributed by atoms with E-state index in [0.29, 0.717) is 43.5 Å². The van der Waals surface area contributed by atoms with Crippen molar-refractivity contribution in [2.24, 2.45) is 5.92 Å². The summed E-state index contributed by atoms with van der Waals surface area (Å²) in [4.78, 5) is 13.7. The lowest BCUT2D eigenvalue weighted by molar-refractivity contribution is -0.128. The molecule has 1 amide bonds. The first-order valence-corrected chi connectivity index (χ1v) is 6.59. The van der Waals surface area contributed by atoms with E-state index in [2.05, 4.69) is 6.92 Å². The molecule has 19 heavy (non-hydrogen) atoms. The molecular formula is C14H18N2O3. The molecule has 0 aromatic heterocycles. The number of likely N-dealkylation sites (tertiary alicyclic amines) is 1. The normalized spacial score (nSPS) is 21.8. The van der Waals surface area contributed by atoms with E-state index in [1.807, 2.05) is 11.0 Å². The minimum Gasteiger partial charge on any atom is -0.486 e. The van der Waals surface area contributed by atoms with Crippen LogP contribution >= 0.6 is 0 Å². The van der Waals surface area contributed by atoms with Crippen LogP contribution in [0.5, 0.6) is 11.5 Å². The third-order valence-electron chi connectivity index (χ3n) is 3.57. The molecule has 1 atom stereocenters. The van der Waals surface area contributed by atoms with Crippen LogP contribution in [-0.2, 0) is 11.3 Å². The number of ether oxygens (including phenoxy) is 2. The highest BCUT2D eigenvalue weighted by Gasteiger charge is 2.27. The molecule has 2 N–H and O–H groups in total. The first-order valence-electron chi connectivity index (χ1n) is 6.59. The Balaban J connectivity index is 1.83. The Labute approximate surface area is 112 Å². The lowest BCUT2D eigenvalue weighted by atomic mass is 10.1. The molecule has 2 heterocycles. The largest absolute Gasteiger partial charge is 0.486 e. The zero-order valence-corrected chi connectivity index (χ0v) is 11.0. The zero-order chi connectivity index (χ0) is 13.4. The van der Waals surface area contributed by atoms with Crippen molar-refractivity contribution in [3.05, 3.63) is 17.7 Å². The number of benzene rings is 1. The Morgan fingerprint density at radius 2 is 2.00 bits per heavy atom. The number of carbonyl (C=O) groups excluding carboxylic acids is 1. The molecule has 0 spiro atoms. The summed E-state index contributed by atoms with van der Waals surface area (Å²) in [5.74, 6) is 2.02. The first-order chi connectivity index (χ1) is 9.13. The van der Waals surface area contributed by atoms with Crippen molar-refractivity contribution in [2.75, 3.05) is 25.5 Å². The molecule has 5 nitrogen and oxygen atoms in total. The Morgan fingerprint density at radius 3 is 2.63 bits per heavy atom. The van der Waals surface area contributed by atoms with Crippen LogP contribution < -0.4 is 15.2 Å². The van der Waals surface area contributed by atoms with Crippen molar-refractivity contribution in [2.45, 2.75) is 19.9 Å². The molecular weight excluding hydrogens is 244 g/mol. The molecule has 2 aliphatic heterocycles. The van der Waals surface area contributed by atoms with Crippen molar-refractivity contribution < 1.29 is 14.3 Å². The highest BCUT2D eigenvalue weighted by atomic mass is 16.6. The highest BCUT2D eigenvalue weighted by Crippen LogP contribution is 2.35. The smallest absolute Gasteiger partial charge is 0.223 e. The van der Waals surface area contributed by atoms with E-state index in [-0.39, 0.29) is 5.91 Å². The second kappa shape index (κ2) is 4.64. The monoisotopic (exact) mass is 262 g/mol. The van der Waals surface area contributed by atoms with Crippen molar-refractivity contribution >= 4 is 11.6 Å². The van der Waals surface area contributed by atoms with E-state index in [9.17, 15) is 4.79 Å². The molecule has 0 radical (unpaired) electrons. The number of rotatable bonds is 2. The van der Waals surface area contributed by atoms with E-state index in [4.69, 9.17) is 15.2 Å². The summed E-state index contributed by atoms with van der Waals surface area (Å²) in [6, 6.07) is 3.67. The summed E-state index contributed by atoms with van der Waals surface area (Å²) < 4.78 is 11.0. The van der Waals surface area contributed by atoms with Crippen molar-refractivity contribution in [1.82, 2.24) is 4.90 Å². The summed E-state index contributed by atoms with van der Waals surface area (Å²) >= 11 is 0. The zero-order valence-electron chi connectivity index (χ0n) is 11.0. The molecule has 1 aromatic carbocycles. The Kier molecular flexibility index (Phi) is 2.97. The van der Waals surface area contributed by atoms with Gasteiger partial charge in [-0.2, -0.15) is 0 Å². The second-order valence-electron chi connectivity index (χ2n) is 5.28. The summed E-state index contributed by atoms with van der Waals surface area (Å²) in [6.45, 7) is 4.54. The van der Waals surface area contributed by atoms with E-state index in [1.54, 1.807) is 6.07 Å². The molecule has 1 saturated heterocycles. The Hall–Kier alpha value is -1.91. The van der Waals surface area contributed by atoms with Crippen LogP contribution in [-0.4, -0.2) is 30.6 Å². The number of hydrogen-bond donors (Lipinski definition) is 1. The van der Waals surface area contributed by atoms with Gasteiger partial charge >= 0.3 is 0 Å². The number of carbonyl (C=O) groups is 1. The maximum atomic E-state index is 11.8. The molecule has 102 valence electrons. The van der Waals surface area contributed by atoms with Gasteiger partial charge in [-0.05, 0) is 17.5 Å². The maximum Gasteiger partial charge on any atom is 0.223 e. The summed E-state index contributed by atoms with van der Waals surface area (Å²) in [5.41, 5.74) is 7.60. The number of amides is 1. The molecule has 2 aliphatic rings. The summed E-state index contributed by atoms with van der Waals surface area (Å²) in [5, 5.41) is 0. The van der Waals surface area contributed by atoms with E-state index in [1.165, 1.54) is 0 Å². The number of hydrogen-bond acceptors (Lipinski definition) is 4. The fraction of sp³-hybridized carbons (Fsp3) is 0.500. The standard InChI is InChI=1S/C14H18N2O3/c1-9-4-14(17)16(7-9)8-10-5-12-13(6-11(10)15)19-3-2-18-12/h5-6,9H,2-4,7-8,15H2,1H3. The van der Waals surface area contributed by atoms with Gasteiger partial charge in [-0.1, -0.05) is 6.92 Å². The van der Waals surface area contributed by atoms with Crippen LogP contribution in [0.4, 0.5) is 5.69 Å². The molecule has 1 aromatic rings. The summed E-state index contributed by atoms with van der Waals surface area (Å²) in [7, 11) is 0. The maximum absolute atomic E-state index is 11.8. The predicted octanol–water partition coefficient (Wildman–Crippen LogP) is 1.41. The highest BCUT2D eigenvalue weighted by molar-refractivity contribution is 5.78. The molecule has 1 fully saturated rings. The van der Waals surface area contributed by atoms with Gasteiger partial charge in [0.1, 0.15) is 13.2 Å². The van der Waals surface area contributed by atoms with Crippen LogP contribution in [0.15, 0.2) is 12.1 Å².